The quantitative estimate of drug-likeness (QED) is 0.738. The molecule has 162 valence electrons. The topological polar surface area (TPSA) is 92.5 Å². The Labute approximate surface area is 179 Å². The van der Waals surface area contributed by atoms with Gasteiger partial charge in [0.2, 0.25) is 11.8 Å². The molecule has 9 nitrogen and oxygen atoms in total. The number of hydrogen-bond donors (Lipinski definition) is 0. The first kappa shape index (κ1) is 19.5. The van der Waals surface area contributed by atoms with Crippen LogP contribution in [0.15, 0.2) is 41.0 Å². The molecule has 9 heteroatoms. The van der Waals surface area contributed by atoms with Gasteiger partial charge in [-0.1, -0.05) is 0 Å². The summed E-state index contributed by atoms with van der Waals surface area (Å²) in [6, 6.07) is 8.71. The second-order valence-electron chi connectivity index (χ2n) is 7.83. The normalized spacial score (nSPS) is 20.8. The second-order valence-corrected chi connectivity index (χ2v) is 7.83. The molecule has 0 radical (unpaired) electrons. The van der Waals surface area contributed by atoms with Gasteiger partial charge in [-0.15, -0.1) is 0 Å². The molecule has 2 fully saturated rings. The van der Waals surface area contributed by atoms with E-state index >= 15 is 0 Å². The number of carbonyl (C=O) groups is 3. The third kappa shape index (κ3) is 3.71. The van der Waals surface area contributed by atoms with Crippen LogP contribution in [0.4, 0.5) is 5.69 Å². The number of nitrogens with zero attached hydrogens (tertiary/aromatic N) is 3. The highest BCUT2D eigenvalue weighted by molar-refractivity contribution is 6.00. The average molecular weight is 425 g/mol. The summed E-state index contributed by atoms with van der Waals surface area (Å²) < 4.78 is 16.3. The van der Waals surface area contributed by atoms with E-state index in [2.05, 4.69) is 0 Å². The van der Waals surface area contributed by atoms with Crippen molar-refractivity contribution in [3.63, 3.8) is 0 Å². The fourth-order valence-corrected chi connectivity index (χ4v) is 4.27. The number of anilines is 1. The zero-order valence-corrected chi connectivity index (χ0v) is 17.0. The number of furan rings is 1. The molecule has 1 aromatic carbocycles. The van der Waals surface area contributed by atoms with Crippen LogP contribution < -0.4 is 14.4 Å². The number of rotatable bonds is 3. The molecular weight excluding hydrogens is 402 g/mol. The van der Waals surface area contributed by atoms with Crippen molar-refractivity contribution in [2.75, 3.05) is 50.8 Å². The van der Waals surface area contributed by atoms with E-state index in [9.17, 15) is 14.4 Å². The highest BCUT2D eigenvalue weighted by atomic mass is 16.6. The Morgan fingerprint density at radius 3 is 2.42 bits per heavy atom. The summed E-state index contributed by atoms with van der Waals surface area (Å²) in [5.74, 6) is 0.891. The standard InChI is InChI=1S/C22H23N3O6/c26-20-12-15(14-25(20)16-3-4-17-19(13-16)31-11-10-30-17)21(27)23-5-7-24(8-6-23)22(28)18-2-1-9-29-18/h1-4,9,13,15H,5-8,10-12,14H2/t15-/m0/s1. The fraction of sp³-hybridized carbons (Fsp3) is 0.409. The van der Waals surface area contributed by atoms with Gasteiger partial charge in [0, 0.05) is 50.9 Å². The molecule has 0 bridgehead atoms. The van der Waals surface area contributed by atoms with Crippen molar-refractivity contribution in [2.24, 2.45) is 5.92 Å². The summed E-state index contributed by atoms with van der Waals surface area (Å²) in [7, 11) is 0. The number of hydrogen-bond acceptors (Lipinski definition) is 6. The van der Waals surface area contributed by atoms with Crippen molar-refractivity contribution in [3.8, 4) is 11.5 Å². The number of carbonyl (C=O) groups excluding carboxylic acids is 3. The van der Waals surface area contributed by atoms with Gasteiger partial charge >= 0.3 is 0 Å². The van der Waals surface area contributed by atoms with E-state index in [1.54, 1.807) is 39.0 Å². The Bertz CT molecular complexity index is 997. The molecule has 0 saturated carbocycles. The van der Waals surface area contributed by atoms with Gasteiger partial charge in [0.15, 0.2) is 17.3 Å². The molecule has 1 aromatic heterocycles. The van der Waals surface area contributed by atoms with E-state index in [-0.39, 0.29) is 24.1 Å². The van der Waals surface area contributed by atoms with Crippen LogP contribution in [0.3, 0.4) is 0 Å². The first-order chi connectivity index (χ1) is 15.1. The molecule has 2 aromatic rings. The van der Waals surface area contributed by atoms with Gasteiger partial charge in [0.05, 0.1) is 12.2 Å². The van der Waals surface area contributed by atoms with Crippen molar-refractivity contribution >= 4 is 23.4 Å². The lowest BCUT2D eigenvalue weighted by molar-refractivity contribution is -0.137. The third-order valence-electron chi connectivity index (χ3n) is 5.92. The lowest BCUT2D eigenvalue weighted by Gasteiger charge is -2.35. The lowest BCUT2D eigenvalue weighted by Crippen LogP contribution is -2.52. The van der Waals surface area contributed by atoms with Crippen molar-refractivity contribution in [1.82, 2.24) is 9.80 Å². The van der Waals surface area contributed by atoms with Crippen LogP contribution in [0.5, 0.6) is 11.5 Å². The largest absolute Gasteiger partial charge is 0.486 e. The predicted octanol–water partition coefficient (Wildman–Crippen LogP) is 1.39. The number of piperazine rings is 1. The van der Waals surface area contributed by atoms with Gasteiger partial charge in [-0.3, -0.25) is 14.4 Å². The van der Waals surface area contributed by atoms with Gasteiger partial charge in [0.25, 0.3) is 5.91 Å². The van der Waals surface area contributed by atoms with E-state index in [1.165, 1.54) is 6.26 Å². The van der Waals surface area contributed by atoms with Gasteiger partial charge in [-0.25, -0.2) is 0 Å². The Morgan fingerprint density at radius 1 is 0.935 bits per heavy atom. The molecule has 0 aliphatic carbocycles. The molecule has 3 aliphatic rings. The molecule has 0 spiro atoms. The molecule has 3 aliphatic heterocycles. The van der Waals surface area contributed by atoms with Crippen LogP contribution in [-0.2, 0) is 9.59 Å². The van der Waals surface area contributed by atoms with Crippen molar-refractivity contribution in [1.29, 1.82) is 0 Å². The van der Waals surface area contributed by atoms with E-state index in [1.807, 2.05) is 6.07 Å². The molecule has 4 heterocycles. The van der Waals surface area contributed by atoms with E-state index in [0.717, 1.165) is 0 Å². The summed E-state index contributed by atoms with van der Waals surface area (Å²) >= 11 is 0. The highest BCUT2D eigenvalue weighted by Gasteiger charge is 2.38. The van der Waals surface area contributed by atoms with Crippen LogP contribution in [0, 0.1) is 5.92 Å². The Balaban J connectivity index is 1.20. The van der Waals surface area contributed by atoms with Crippen LogP contribution in [0.25, 0.3) is 0 Å². The van der Waals surface area contributed by atoms with Crippen LogP contribution in [-0.4, -0.2) is 73.5 Å². The Morgan fingerprint density at radius 2 is 1.68 bits per heavy atom. The smallest absolute Gasteiger partial charge is 0.289 e. The lowest BCUT2D eigenvalue weighted by atomic mass is 10.1. The van der Waals surface area contributed by atoms with Crippen molar-refractivity contribution < 1.29 is 28.3 Å². The fourth-order valence-electron chi connectivity index (χ4n) is 4.27. The minimum Gasteiger partial charge on any atom is -0.486 e. The van der Waals surface area contributed by atoms with Gasteiger partial charge < -0.3 is 28.6 Å². The van der Waals surface area contributed by atoms with Crippen molar-refractivity contribution in [2.45, 2.75) is 6.42 Å². The van der Waals surface area contributed by atoms with Gasteiger partial charge in [-0.05, 0) is 24.3 Å². The minimum absolute atomic E-state index is 0.0431. The van der Waals surface area contributed by atoms with Crippen molar-refractivity contribution in [3.05, 3.63) is 42.4 Å². The van der Waals surface area contributed by atoms with E-state index in [4.69, 9.17) is 13.9 Å². The van der Waals surface area contributed by atoms with Crippen LogP contribution >= 0.6 is 0 Å². The molecule has 31 heavy (non-hydrogen) atoms. The maximum absolute atomic E-state index is 13.0. The molecule has 2 saturated heterocycles. The SMILES string of the molecule is O=C(c1ccco1)N1CCN(C(=O)[C@H]2CC(=O)N(c3ccc4c(c3)OCCO4)C2)CC1. The van der Waals surface area contributed by atoms with Crippen LogP contribution in [0.1, 0.15) is 17.0 Å². The zero-order valence-electron chi connectivity index (χ0n) is 17.0. The van der Waals surface area contributed by atoms with E-state index in [0.29, 0.717) is 68.9 Å². The predicted molar refractivity (Wildman–Crippen MR) is 109 cm³/mol. The average Bonchev–Trinajstić information content (AvgIpc) is 3.48. The minimum atomic E-state index is -0.395. The summed E-state index contributed by atoms with van der Waals surface area (Å²) in [4.78, 5) is 43.1. The first-order valence-electron chi connectivity index (χ1n) is 10.4. The third-order valence-corrected chi connectivity index (χ3v) is 5.92. The molecule has 5 rings (SSSR count). The monoisotopic (exact) mass is 425 g/mol. The maximum atomic E-state index is 13.0. The molecule has 1 atom stereocenters. The summed E-state index contributed by atoms with van der Waals surface area (Å²) in [6.45, 7) is 3.09. The van der Waals surface area contributed by atoms with Crippen LogP contribution in [0.2, 0.25) is 0 Å². The number of benzene rings is 1. The number of ether oxygens (including phenoxy) is 2. The maximum Gasteiger partial charge on any atom is 0.289 e. The summed E-state index contributed by atoms with van der Waals surface area (Å²) in [5, 5.41) is 0. The highest BCUT2D eigenvalue weighted by Crippen LogP contribution is 2.36. The first-order valence-corrected chi connectivity index (χ1v) is 10.4. The molecule has 0 N–H and O–H groups in total. The molecular formula is C22H23N3O6. The van der Waals surface area contributed by atoms with E-state index < -0.39 is 5.92 Å². The second kappa shape index (κ2) is 7.98. The number of amides is 3. The Hall–Kier alpha value is -3.49. The van der Waals surface area contributed by atoms with Gasteiger partial charge in [-0.2, -0.15) is 0 Å². The molecule has 3 amide bonds. The summed E-state index contributed by atoms with van der Waals surface area (Å²) in [6.07, 6.45) is 1.65. The Kier molecular flexibility index (Phi) is 5.01. The summed E-state index contributed by atoms with van der Waals surface area (Å²) in [5.41, 5.74) is 0.707. The molecule has 0 unspecified atom stereocenters. The van der Waals surface area contributed by atoms with Gasteiger partial charge in [0.1, 0.15) is 13.2 Å². The zero-order chi connectivity index (χ0) is 21.4. The number of fused-ring (bicyclic) bond motifs is 1.